The molecule has 0 radical (unpaired) electrons. The summed E-state index contributed by atoms with van der Waals surface area (Å²) in [5.74, 6) is 1.29. The number of halogens is 1. The molecule has 1 saturated heterocycles. The molecule has 2 heterocycles. The monoisotopic (exact) mass is 285 g/mol. The Morgan fingerprint density at radius 3 is 2.88 bits per heavy atom. The van der Waals surface area contributed by atoms with Crippen LogP contribution in [0.15, 0.2) is 4.47 Å². The molecule has 0 amide bonds. The summed E-state index contributed by atoms with van der Waals surface area (Å²) in [6.07, 6.45) is 4.51. The fraction of sp³-hybridized carbons (Fsp3) is 0.636. The van der Waals surface area contributed by atoms with E-state index >= 15 is 0 Å². The predicted molar refractivity (Wildman–Crippen MR) is 66.2 cm³/mol. The summed E-state index contributed by atoms with van der Waals surface area (Å²) in [5.41, 5.74) is 6.68. The normalized spacial score (nSPS) is 21.0. The highest BCUT2D eigenvalue weighted by Crippen LogP contribution is 2.22. The topological polar surface area (TPSA) is 61.0 Å². The second-order valence-corrected chi connectivity index (χ2v) is 4.91. The van der Waals surface area contributed by atoms with E-state index in [1.165, 1.54) is 12.8 Å². The molecule has 0 aromatic carbocycles. The van der Waals surface area contributed by atoms with Crippen LogP contribution in [0, 0.1) is 6.92 Å². The van der Waals surface area contributed by atoms with Gasteiger partial charge in [-0.15, -0.1) is 0 Å². The summed E-state index contributed by atoms with van der Waals surface area (Å²) < 4.78 is 6.45. The number of hydrogen-bond acceptors (Lipinski definition) is 4. The van der Waals surface area contributed by atoms with Crippen molar-refractivity contribution in [1.82, 2.24) is 9.97 Å². The van der Waals surface area contributed by atoms with Crippen molar-refractivity contribution in [3.8, 4) is 0 Å². The number of nitrogens with zero attached hydrogens (tertiary/aromatic N) is 2. The van der Waals surface area contributed by atoms with E-state index < -0.39 is 0 Å². The van der Waals surface area contributed by atoms with Gasteiger partial charge in [-0.3, -0.25) is 0 Å². The average Bonchev–Trinajstić information content (AvgIpc) is 2.27. The molecular weight excluding hydrogens is 270 g/mol. The van der Waals surface area contributed by atoms with Gasteiger partial charge in [-0.1, -0.05) is 0 Å². The van der Waals surface area contributed by atoms with Gasteiger partial charge in [0.15, 0.2) is 0 Å². The molecule has 0 saturated carbocycles. The van der Waals surface area contributed by atoms with E-state index in [0.717, 1.165) is 35.4 Å². The number of nitrogen functional groups attached to an aromatic ring is 1. The molecule has 1 aromatic heterocycles. The minimum atomic E-state index is 0.258. The summed E-state index contributed by atoms with van der Waals surface area (Å²) in [7, 11) is 0. The molecule has 0 bridgehead atoms. The maximum Gasteiger partial charge on any atom is 0.141 e. The number of nitrogens with two attached hydrogens (primary N) is 1. The third kappa shape index (κ3) is 2.71. The third-order valence-corrected chi connectivity index (χ3v) is 3.75. The molecule has 2 N–H and O–H groups in total. The summed E-state index contributed by atoms with van der Waals surface area (Å²) in [6.45, 7) is 2.78. The van der Waals surface area contributed by atoms with Crippen LogP contribution in [-0.2, 0) is 11.2 Å². The van der Waals surface area contributed by atoms with Crippen molar-refractivity contribution < 1.29 is 4.74 Å². The summed E-state index contributed by atoms with van der Waals surface area (Å²) in [5, 5.41) is 0. The van der Waals surface area contributed by atoms with Crippen LogP contribution in [0.3, 0.4) is 0 Å². The molecule has 4 nitrogen and oxygen atoms in total. The Morgan fingerprint density at radius 2 is 2.25 bits per heavy atom. The Hall–Kier alpha value is -0.680. The van der Waals surface area contributed by atoms with Crippen LogP contribution in [0.1, 0.15) is 30.8 Å². The number of aryl methyl sites for hydroxylation is 1. The smallest absolute Gasteiger partial charge is 0.141 e. The van der Waals surface area contributed by atoms with Crippen LogP contribution in [0.4, 0.5) is 5.82 Å². The minimum Gasteiger partial charge on any atom is -0.383 e. The van der Waals surface area contributed by atoms with E-state index in [1.807, 2.05) is 6.92 Å². The highest BCUT2D eigenvalue weighted by atomic mass is 79.9. The van der Waals surface area contributed by atoms with Crippen molar-refractivity contribution >= 4 is 21.7 Å². The van der Waals surface area contributed by atoms with Gasteiger partial charge in [0, 0.05) is 13.0 Å². The second kappa shape index (κ2) is 5.10. The molecule has 88 valence electrons. The van der Waals surface area contributed by atoms with Gasteiger partial charge in [-0.2, -0.15) is 0 Å². The van der Waals surface area contributed by atoms with E-state index in [0.29, 0.717) is 5.82 Å². The van der Waals surface area contributed by atoms with Gasteiger partial charge in [0.05, 0.1) is 16.3 Å². The van der Waals surface area contributed by atoms with Crippen LogP contribution in [0.25, 0.3) is 0 Å². The molecule has 0 aliphatic carbocycles. The molecule has 1 aliphatic rings. The molecule has 16 heavy (non-hydrogen) atoms. The SMILES string of the molecule is Cc1nc(CC2CCCCO2)nc(N)c1Br. The predicted octanol–water partition coefficient (Wildman–Crippen LogP) is 2.24. The highest BCUT2D eigenvalue weighted by molar-refractivity contribution is 9.10. The van der Waals surface area contributed by atoms with Gasteiger partial charge in [0.2, 0.25) is 0 Å². The van der Waals surface area contributed by atoms with Gasteiger partial charge in [-0.25, -0.2) is 9.97 Å². The summed E-state index contributed by atoms with van der Waals surface area (Å²) in [4.78, 5) is 8.68. The van der Waals surface area contributed by atoms with Gasteiger partial charge in [0.1, 0.15) is 11.6 Å². The Labute approximate surface area is 104 Å². The second-order valence-electron chi connectivity index (χ2n) is 4.12. The van der Waals surface area contributed by atoms with Crippen molar-refractivity contribution in [2.75, 3.05) is 12.3 Å². The van der Waals surface area contributed by atoms with Gasteiger partial charge in [-0.05, 0) is 42.1 Å². The van der Waals surface area contributed by atoms with Crippen LogP contribution in [0.2, 0.25) is 0 Å². The van der Waals surface area contributed by atoms with Gasteiger partial charge in [0.25, 0.3) is 0 Å². The fourth-order valence-electron chi connectivity index (χ4n) is 1.90. The van der Waals surface area contributed by atoms with E-state index in [4.69, 9.17) is 10.5 Å². The van der Waals surface area contributed by atoms with Gasteiger partial charge < -0.3 is 10.5 Å². The highest BCUT2D eigenvalue weighted by Gasteiger charge is 2.17. The molecule has 5 heteroatoms. The maximum absolute atomic E-state index is 5.79. The Balaban J connectivity index is 2.09. The lowest BCUT2D eigenvalue weighted by Crippen LogP contribution is -2.22. The number of rotatable bonds is 2. The lowest BCUT2D eigenvalue weighted by molar-refractivity contribution is 0.0156. The first kappa shape index (κ1) is 11.8. The van der Waals surface area contributed by atoms with Gasteiger partial charge >= 0.3 is 0 Å². The summed E-state index contributed by atoms with van der Waals surface area (Å²) in [6, 6.07) is 0. The number of ether oxygens (including phenoxy) is 1. The lowest BCUT2D eigenvalue weighted by atomic mass is 10.1. The first-order valence-electron chi connectivity index (χ1n) is 5.57. The molecule has 0 spiro atoms. The molecule has 1 aromatic rings. The van der Waals surface area contributed by atoms with Crippen molar-refractivity contribution in [3.63, 3.8) is 0 Å². The average molecular weight is 286 g/mol. The Bertz CT molecular complexity index is 354. The molecule has 1 aliphatic heterocycles. The molecule has 1 fully saturated rings. The maximum atomic E-state index is 5.79. The molecule has 2 rings (SSSR count). The molecular formula is C11H16BrN3O. The van der Waals surface area contributed by atoms with E-state index in [2.05, 4.69) is 25.9 Å². The number of hydrogen-bond donors (Lipinski definition) is 1. The zero-order valence-corrected chi connectivity index (χ0v) is 11.0. The zero-order chi connectivity index (χ0) is 11.5. The fourth-order valence-corrected chi connectivity index (χ4v) is 2.08. The molecule has 1 atom stereocenters. The molecule has 1 unspecified atom stereocenters. The van der Waals surface area contributed by atoms with E-state index in [9.17, 15) is 0 Å². The minimum absolute atomic E-state index is 0.258. The standard InChI is InChI=1S/C11H16BrN3O/c1-7-10(12)11(13)15-9(14-7)6-8-4-2-3-5-16-8/h8H,2-6H2,1H3,(H2,13,14,15). The lowest BCUT2D eigenvalue weighted by Gasteiger charge is -2.22. The third-order valence-electron chi connectivity index (χ3n) is 2.77. The van der Waals surface area contributed by atoms with Crippen molar-refractivity contribution in [2.45, 2.75) is 38.7 Å². The quantitative estimate of drug-likeness (QED) is 0.905. The largest absolute Gasteiger partial charge is 0.383 e. The number of anilines is 1. The first-order chi connectivity index (χ1) is 7.66. The van der Waals surface area contributed by atoms with Crippen LogP contribution < -0.4 is 5.73 Å². The van der Waals surface area contributed by atoms with E-state index in [-0.39, 0.29) is 6.10 Å². The van der Waals surface area contributed by atoms with Crippen LogP contribution >= 0.6 is 15.9 Å². The zero-order valence-electron chi connectivity index (χ0n) is 9.37. The Morgan fingerprint density at radius 1 is 1.44 bits per heavy atom. The first-order valence-corrected chi connectivity index (χ1v) is 6.36. The van der Waals surface area contributed by atoms with Crippen LogP contribution in [-0.4, -0.2) is 22.7 Å². The van der Waals surface area contributed by atoms with E-state index in [1.54, 1.807) is 0 Å². The number of aromatic nitrogens is 2. The Kier molecular flexibility index (Phi) is 3.76. The van der Waals surface area contributed by atoms with Crippen molar-refractivity contribution in [1.29, 1.82) is 0 Å². The van der Waals surface area contributed by atoms with Crippen molar-refractivity contribution in [2.24, 2.45) is 0 Å². The summed E-state index contributed by atoms with van der Waals surface area (Å²) >= 11 is 3.36. The van der Waals surface area contributed by atoms with Crippen LogP contribution in [0.5, 0.6) is 0 Å². The van der Waals surface area contributed by atoms with Crippen molar-refractivity contribution in [3.05, 3.63) is 16.0 Å².